The Balaban J connectivity index is 1.92. The second-order valence-electron chi connectivity index (χ2n) is 5.75. The van der Waals surface area contributed by atoms with Gasteiger partial charge in [-0.15, -0.1) is 0 Å². The molecule has 0 aliphatic rings. The first-order valence-electron chi connectivity index (χ1n) is 8.36. The highest BCUT2D eigenvalue weighted by atomic mass is 35.5. The van der Waals surface area contributed by atoms with Gasteiger partial charge in [0, 0.05) is 29.9 Å². The number of benzene rings is 2. The lowest BCUT2D eigenvalue weighted by molar-refractivity contribution is -0.116. The summed E-state index contributed by atoms with van der Waals surface area (Å²) in [6.07, 6.45) is 0. The van der Waals surface area contributed by atoms with Gasteiger partial charge in [-0.25, -0.2) is 0 Å². The maximum atomic E-state index is 12.0. The van der Waals surface area contributed by atoms with Crippen LogP contribution in [0.4, 0.5) is 5.69 Å². The average Bonchev–Trinajstić information content (AvgIpc) is 3.17. The summed E-state index contributed by atoms with van der Waals surface area (Å²) in [6.45, 7) is 2.49. The quantitative estimate of drug-likeness (QED) is 0.531. The third-order valence-corrected chi connectivity index (χ3v) is 4.38. The molecule has 1 amide bonds. The summed E-state index contributed by atoms with van der Waals surface area (Å²) in [6, 6.07) is 16.8. The standard InChI is InChI=1S/C20H18Cl2N2O3/c1-3-26-17-10-5-4-9-15(17)16-12-18(27-23-16)13-7-6-8-14(11-13)24(2)20(25)19(21)22/h4-12,19H,3H2,1-2H3. The third kappa shape index (κ3) is 4.26. The molecule has 0 atom stereocenters. The van der Waals surface area contributed by atoms with E-state index in [9.17, 15) is 4.79 Å². The van der Waals surface area contributed by atoms with Crippen LogP contribution in [0.5, 0.6) is 5.75 Å². The molecule has 0 aliphatic carbocycles. The van der Waals surface area contributed by atoms with Crippen LogP contribution in [0.3, 0.4) is 0 Å². The highest BCUT2D eigenvalue weighted by Crippen LogP contribution is 2.33. The van der Waals surface area contributed by atoms with Gasteiger partial charge in [0.1, 0.15) is 11.4 Å². The van der Waals surface area contributed by atoms with Crippen LogP contribution in [0.25, 0.3) is 22.6 Å². The van der Waals surface area contributed by atoms with Crippen molar-refractivity contribution in [1.82, 2.24) is 5.16 Å². The minimum Gasteiger partial charge on any atom is -0.493 e. The van der Waals surface area contributed by atoms with Gasteiger partial charge in [-0.1, -0.05) is 52.6 Å². The molecule has 7 heteroatoms. The zero-order valence-corrected chi connectivity index (χ0v) is 16.4. The Hall–Kier alpha value is -2.50. The summed E-state index contributed by atoms with van der Waals surface area (Å²) < 4.78 is 11.2. The lowest BCUT2D eigenvalue weighted by Crippen LogP contribution is -2.30. The predicted octanol–water partition coefficient (Wildman–Crippen LogP) is 5.17. The molecule has 0 spiro atoms. The number of para-hydroxylation sites is 1. The zero-order valence-electron chi connectivity index (χ0n) is 14.9. The molecule has 5 nitrogen and oxygen atoms in total. The van der Waals surface area contributed by atoms with Crippen LogP contribution in [-0.2, 0) is 4.79 Å². The van der Waals surface area contributed by atoms with Crippen molar-refractivity contribution in [3.63, 3.8) is 0 Å². The van der Waals surface area contributed by atoms with E-state index in [-0.39, 0.29) is 0 Å². The molecule has 0 aliphatic heterocycles. The van der Waals surface area contributed by atoms with Crippen LogP contribution >= 0.6 is 23.2 Å². The fraction of sp³-hybridized carbons (Fsp3) is 0.200. The first-order chi connectivity index (χ1) is 13.0. The van der Waals surface area contributed by atoms with Gasteiger partial charge in [0.2, 0.25) is 0 Å². The van der Waals surface area contributed by atoms with Crippen molar-refractivity contribution >= 4 is 34.8 Å². The zero-order chi connectivity index (χ0) is 19.4. The summed E-state index contributed by atoms with van der Waals surface area (Å²) in [5, 5.41) is 4.17. The van der Waals surface area contributed by atoms with Crippen molar-refractivity contribution in [2.24, 2.45) is 0 Å². The number of carbonyl (C=O) groups is 1. The lowest BCUT2D eigenvalue weighted by atomic mass is 10.1. The van der Waals surface area contributed by atoms with E-state index in [1.54, 1.807) is 13.1 Å². The molecular weight excluding hydrogens is 387 g/mol. The Labute approximate surface area is 167 Å². The fourth-order valence-corrected chi connectivity index (χ4v) is 2.93. The molecule has 0 bridgehead atoms. The Bertz CT molecular complexity index is 940. The fourth-order valence-electron chi connectivity index (χ4n) is 2.64. The van der Waals surface area contributed by atoms with Crippen molar-refractivity contribution in [1.29, 1.82) is 0 Å². The summed E-state index contributed by atoms with van der Waals surface area (Å²) in [5.41, 5.74) is 2.95. The molecule has 3 aromatic rings. The van der Waals surface area contributed by atoms with Gasteiger partial charge in [0.25, 0.3) is 5.91 Å². The van der Waals surface area contributed by atoms with E-state index in [2.05, 4.69) is 5.16 Å². The second-order valence-corrected chi connectivity index (χ2v) is 6.85. The Morgan fingerprint density at radius 2 is 1.96 bits per heavy atom. The van der Waals surface area contributed by atoms with E-state index in [0.717, 1.165) is 16.9 Å². The number of alkyl halides is 2. The Kier molecular flexibility index (Phi) is 6.04. The van der Waals surface area contributed by atoms with E-state index in [1.165, 1.54) is 4.90 Å². The smallest absolute Gasteiger partial charge is 0.260 e. The second kappa shape index (κ2) is 8.46. The highest BCUT2D eigenvalue weighted by molar-refractivity contribution is 6.54. The molecule has 2 aromatic carbocycles. The summed E-state index contributed by atoms with van der Waals surface area (Å²) in [5.74, 6) is 0.917. The van der Waals surface area contributed by atoms with Crippen molar-refractivity contribution in [3.8, 4) is 28.3 Å². The van der Waals surface area contributed by atoms with Crippen LogP contribution in [0.15, 0.2) is 59.1 Å². The summed E-state index contributed by atoms with van der Waals surface area (Å²) >= 11 is 11.4. The van der Waals surface area contributed by atoms with Crippen LogP contribution in [-0.4, -0.2) is 29.6 Å². The van der Waals surface area contributed by atoms with Crippen LogP contribution < -0.4 is 9.64 Å². The molecule has 0 saturated heterocycles. The van der Waals surface area contributed by atoms with Gasteiger partial charge < -0.3 is 14.2 Å². The molecule has 0 unspecified atom stereocenters. The molecule has 27 heavy (non-hydrogen) atoms. The topological polar surface area (TPSA) is 55.6 Å². The highest BCUT2D eigenvalue weighted by Gasteiger charge is 2.19. The minimum atomic E-state index is -1.12. The summed E-state index contributed by atoms with van der Waals surface area (Å²) in [4.78, 5) is 12.3. The Morgan fingerprint density at radius 3 is 2.70 bits per heavy atom. The van der Waals surface area contributed by atoms with Crippen molar-refractivity contribution in [3.05, 3.63) is 54.6 Å². The molecule has 0 radical (unpaired) electrons. The number of hydrogen-bond acceptors (Lipinski definition) is 4. The molecule has 3 rings (SSSR count). The van der Waals surface area contributed by atoms with E-state index in [1.807, 2.05) is 55.5 Å². The number of amides is 1. The van der Waals surface area contributed by atoms with Crippen molar-refractivity contribution in [2.75, 3.05) is 18.6 Å². The molecule has 1 heterocycles. The number of nitrogens with zero attached hydrogens (tertiary/aromatic N) is 2. The Morgan fingerprint density at radius 1 is 1.19 bits per heavy atom. The lowest BCUT2D eigenvalue weighted by Gasteiger charge is -2.18. The van der Waals surface area contributed by atoms with Gasteiger partial charge in [-0.05, 0) is 31.2 Å². The minimum absolute atomic E-state index is 0.403. The van der Waals surface area contributed by atoms with Gasteiger partial charge in [-0.3, -0.25) is 4.79 Å². The molecule has 0 N–H and O–H groups in total. The molecule has 0 fully saturated rings. The van der Waals surface area contributed by atoms with Crippen LogP contribution in [0, 0.1) is 0 Å². The number of rotatable bonds is 6. The molecule has 1 aromatic heterocycles. The van der Waals surface area contributed by atoms with E-state index in [0.29, 0.717) is 23.7 Å². The van der Waals surface area contributed by atoms with E-state index >= 15 is 0 Å². The van der Waals surface area contributed by atoms with Gasteiger partial charge in [0.05, 0.1) is 6.61 Å². The largest absolute Gasteiger partial charge is 0.493 e. The first-order valence-corrected chi connectivity index (χ1v) is 9.23. The van der Waals surface area contributed by atoms with E-state index < -0.39 is 10.7 Å². The predicted molar refractivity (Wildman–Crippen MR) is 107 cm³/mol. The SMILES string of the molecule is CCOc1ccccc1-c1cc(-c2cccc(N(C)C(=O)C(Cl)Cl)c2)on1. The van der Waals surface area contributed by atoms with Crippen molar-refractivity contribution < 1.29 is 14.1 Å². The first kappa shape index (κ1) is 19.3. The number of hydrogen-bond donors (Lipinski definition) is 0. The van der Waals surface area contributed by atoms with Crippen LogP contribution in [0.2, 0.25) is 0 Å². The number of carbonyl (C=O) groups excluding carboxylic acids is 1. The average molecular weight is 405 g/mol. The number of anilines is 1. The maximum Gasteiger partial charge on any atom is 0.260 e. The van der Waals surface area contributed by atoms with Gasteiger partial charge in [0.15, 0.2) is 10.6 Å². The maximum absolute atomic E-state index is 12.0. The monoisotopic (exact) mass is 404 g/mol. The van der Waals surface area contributed by atoms with E-state index in [4.69, 9.17) is 32.5 Å². The number of halogens is 2. The summed E-state index contributed by atoms with van der Waals surface area (Å²) in [7, 11) is 1.61. The molecule has 140 valence electrons. The number of aromatic nitrogens is 1. The third-order valence-electron chi connectivity index (χ3n) is 4.01. The normalized spacial score (nSPS) is 10.9. The van der Waals surface area contributed by atoms with Gasteiger partial charge in [-0.2, -0.15) is 0 Å². The molecular formula is C20H18Cl2N2O3. The van der Waals surface area contributed by atoms with Crippen molar-refractivity contribution in [2.45, 2.75) is 11.8 Å². The molecule has 0 saturated carbocycles. The van der Waals surface area contributed by atoms with Gasteiger partial charge >= 0.3 is 0 Å². The van der Waals surface area contributed by atoms with Crippen LogP contribution in [0.1, 0.15) is 6.92 Å². The number of ether oxygens (including phenoxy) is 1.